The van der Waals surface area contributed by atoms with Gasteiger partial charge in [0.15, 0.2) is 0 Å². The molecule has 0 saturated carbocycles. The SMILES string of the molecule is COc1ccc(C(O)CCN2CC=C(c3ccc(F)cc3)CC2)c(OC)c1. The Morgan fingerprint density at radius 3 is 2.52 bits per heavy atom. The van der Waals surface area contributed by atoms with Crippen LogP contribution in [0, 0.1) is 5.82 Å². The summed E-state index contributed by atoms with van der Waals surface area (Å²) in [6.45, 7) is 2.55. The second-order valence-corrected chi connectivity index (χ2v) is 6.70. The van der Waals surface area contributed by atoms with Crippen LogP contribution in [0.1, 0.15) is 30.1 Å². The van der Waals surface area contributed by atoms with Gasteiger partial charge >= 0.3 is 0 Å². The first kappa shape index (κ1) is 19.4. The van der Waals surface area contributed by atoms with Crippen molar-refractivity contribution >= 4 is 5.57 Å². The van der Waals surface area contributed by atoms with Gasteiger partial charge in [0.2, 0.25) is 0 Å². The number of aliphatic hydroxyl groups is 1. The van der Waals surface area contributed by atoms with Gasteiger partial charge in [0, 0.05) is 31.3 Å². The average Bonchev–Trinajstić information content (AvgIpc) is 2.72. The highest BCUT2D eigenvalue weighted by Gasteiger charge is 2.18. The van der Waals surface area contributed by atoms with E-state index < -0.39 is 6.10 Å². The standard InChI is InChI=1S/C22H26FNO3/c1-26-19-7-8-20(22(15-19)27-2)21(25)11-14-24-12-9-17(10-13-24)16-3-5-18(23)6-4-16/h3-9,15,21,25H,10-14H2,1-2H3. The molecule has 0 bridgehead atoms. The van der Waals surface area contributed by atoms with Gasteiger partial charge < -0.3 is 14.6 Å². The van der Waals surface area contributed by atoms with E-state index in [0.29, 0.717) is 17.9 Å². The highest BCUT2D eigenvalue weighted by molar-refractivity contribution is 5.66. The Morgan fingerprint density at radius 1 is 1.11 bits per heavy atom. The lowest BCUT2D eigenvalue weighted by atomic mass is 9.99. The summed E-state index contributed by atoms with van der Waals surface area (Å²) in [4.78, 5) is 2.31. The second-order valence-electron chi connectivity index (χ2n) is 6.70. The molecule has 144 valence electrons. The van der Waals surface area contributed by atoms with Crippen LogP contribution in [0.4, 0.5) is 4.39 Å². The molecule has 1 atom stereocenters. The van der Waals surface area contributed by atoms with E-state index >= 15 is 0 Å². The Morgan fingerprint density at radius 2 is 1.89 bits per heavy atom. The maximum atomic E-state index is 13.1. The van der Waals surface area contributed by atoms with Crippen LogP contribution in [0.25, 0.3) is 5.57 Å². The maximum Gasteiger partial charge on any atom is 0.128 e. The van der Waals surface area contributed by atoms with Crippen molar-refractivity contribution in [2.45, 2.75) is 18.9 Å². The number of nitrogens with zero attached hydrogens (tertiary/aromatic N) is 1. The third-order valence-electron chi connectivity index (χ3n) is 5.03. The van der Waals surface area contributed by atoms with Crippen LogP contribution in [0.15, 0.2) is 48.5 Å². The number of rotatable bonds is 7. The highest BCUT2D eigenvalue weighted by Crippen LogP contribution is 2.31. The average molecular weight is 371 g/mol. The summed E-state index contributed by atoms with van der Waals surface area (Å²) in [5.74, 6) is 1.14. The molecule has 1 unspecified atom stereocenters. The Bertz CT molecular complexity index is 789. The summed E-state index contributed by atoms with van der Waals surface area (Å²) in [7, 11) is 3.20. The maximum absolute atomic E-state index is 13.1. The van der Waals surface area contributed by atoms with Gasteiger partial charge in [-0.2, -0.15) is 0 Å². The predicted octanol–water partition coefficient (Wildman–Crippen LogP) is 4.06. The lowest BCUT2D eigenvalue weighted by Crippen LogP contribution is -2.30. The first-order valence-electron chi connectivity index (χ1n) is 9.18. The number of halogens is 1. The lowest BCUT2D eigenvalue weighted by molar-refractivity contribution is 0.142. The van der Waals surface area contributed by atoms with Crippen molar-refractivity contribution in [2.24, 2.45) is 0 Å². The van der Waals surface area contributed by atoms with E-state index in [2.05, 4.69) is 11.0 Å². The van der Waals surface area contributed by atoms with Gasteiger partial charge in [-0.15, -0.1) is 0 Å². The molecule has 0 saturated heterocycles. The molecular formula is C22H26FNO3. The van der Waals surface area contributed by atoms with Gasteiger partial charge in [-0.25, -0.2) is 4.39 Å². The van der Waals surface area contributed by atoms with Gasteiger partial charge in [0.1, 0.15) is 17.3 Å². The number of benzene rings is 2. The molecule has 0 aliphatic carbocycles. The molecule has 4 nitrogen and oxygen atoms in total. The zero-order valence-electron chi connectivity index (χ0n) is 15.8. The molecule has 1 N–H and O–H groups in total. The van der Waals surface area contributed by atoms with Crippen molar-refractivity contribution in [2.75, 3.05) is 33.9 Å². The van der Waals surface area contributed by atoms with E-state index in [0.717, 1.165) is 37.2 Å². The molecule has 0 radical (unpaired) electrons. The van der Waals surface area contributed by atoms with Crippen LogP contribution in [0.2, 0.25) is 0 Å². The van der Waals surface area contributed by atoms with Crippen molar-refractivity contribution in [3.8, 4) is 11.5 Å². The van der Waals surface area contributed by atoms with Crippen LogP contribution in [-0.4, -0.2) is 43.9 Å². The Kier molecular flexibility index (Phi) is 6.48. The minimum atomic E-state index is -0.590. The third kappa shape index (κ3) is 4.87. The molecule has 3 rings (SSSR count). The Hall–Kier alpha value is -2.37. The summed E-state index contributed by atoms with van der Waals surface area (Å²) in [6, 6.07) is 12.1. The molecular weight excluding hydrogens is 345 g/mol. The number of ether oxygens (including phenoxy) is 2. The summed E-state index contributed by atoms with van der Waals surface area (Å²) >= 11 is 0. The fourth-order valence-electron chi connectivity index (χ4n) is 3.39. The molecule has 1 heterocycles. The first-order chi connectivity index (χ1) is 13.1. The summed E-state index contributed by atoms with van der Waals surface area (Å²) in [5, 5.41) is 10.6. The van der Waals surface area contributed by atoms with E-state index in [1.54, 1.807) is 20.3 Å². The van der Waals surface area contributed by atoms with Crippen LogP contribution >= 0.6 is 0 Å². The number of hydrogen-bond donors (Lipinski definition) is 1. The number of hydrogen-bond acceptors (Lipinski definition) is 4. The first-order valence-corrected chi connectivity index (χ1v) is 9.18. The van der Waals surface area contributed by atoms with Crippen LogP contribution in [-0.2, 0) is 0 Å². The molecule has 2 aromatic rings. The van der Waals surface area contributed by atoms with Gasteiger partial charge in [0.05, 0.1) is 20.3 Å². The van der Waals surface area contributed by atoms with Gasteiger partial charge in [-0.3, -0.25) is 4.90 Å². The largest absolute Gasteiger partial charge is 0.497 e. The van der Waals surface area contributed by atoms with Gasteiger partial charge in [-0.1, -0.05) is 18.2 Å². The number of aliphatic hydroxyl groups excluding tert-OH is 1. The zero-order valence-corrected chi connectivity index (χ0v) is 15.8. The Balaban J connectivity index is 1.56. The van der Waals surface area contributed by atoms with E-state index in [9.17, 15) is 9.50 Å². The van der Waals surface area contributed by atoms with E-state index in [1.807, 2.05) is 24.3 Å². The molecule has 0 amide bonds. The van der Waals surface area contributed by atoms with Crippen molar-refractivity contribution in [1.82, 2.24) is 4.90 Å². The van der Waals surface area contributed by atoms with Crippen LogP contribution in [0.3, 0.4) is 0 Å². The third-order valence-corrected chi connectivity index (χ3v) is 5.03. The van der Waals surface area contributed by atoms with E-state index in [1.165, 1.54) is 17.7 Å². The van der Waals surface area contributed by atoms with Gasteiger partial charge in [0.25, 0.3) is 0 Å². The fourth-order valence-corrected chi connectivity index (χ4v) is 3.39. The van der Waals surface area contributed by atoms with Crippen molar-refractivity contribution in [1.29, 1.82) is 0 Å². The van der Waals surface area contributed by atoms with E-state index in [4.69, 9.17) is 9.47 Å². The molecule has 0 aromatic heterocycles. The summed E-state index contributed by atoms with van der Waals surface area (Å²) in [5.41, 5.74) is 3.11. The highest BCUT2D eigenvalue weighted by atomic mass is 19.1. The minimum absolute atomic E-state index is 0.209. The zero-order chi connectivity index (χ0) is 19.2. The topological polar surface area (TPSA) is 41.9 Å². The monoisotopic (exact) mass is 371 g/mol. The second kappa shape index (κ2) is 9.02. The minimum Gasteiger partial charge on any atom is -0.497 e. The molecule has 27 heavy (non-hydrogen) atoms. The molecule has 0 spiro atoms. The molecule has 0 fully saturated rings. The van der Waals surface area contributed by atoms with Crippen molar-refractivity contribution < 1.29 is 19.0 Å². The Labute approximate surface area is 159 Å². The lowest BCUT2D eigenvalue weighted by Gasteiger charge is -2.27. The predicted molar refractivity (Wildman–Crippen MR) is 105 cm³/mol. The quantitative estimate of drug-likeness (QED) is 0.797. The van der Waals surface area contributed by atoms with Crippen LogP contribution in [0.5, 0.6) is 11.5 Å². The van der Waals surface area contributed by atoms with Crippen molar-refractivity contribution in [3.63, 3.8) is 0 Å². The molecule has 1 aliphatic rings. The molecule has 2 aromatic carbocycles. The number of methoxy groups -OCH3 is 2. The normalized spacial score (nSPS) is 15.9. The van der Waals surface area contributed by atoms with E-state index in [-0.39, 0.29) is 5.82 Å². The van der Waals surface area contributed by atoms with Crippen LogP contribution < -0.4 is 9.47 Å². The summed E-state index contributed by atoms with van der Waals surface area (Å²) in [6.07, 6.45) is 3.15. The van der Waals surface area contributed by atoms with Gasteiger partial charge in [-0.05, 0) is 48.2 Å². The van der Waals surface area contributed by atoms with Crippen molar-refractivity contribution in [3.05, 3.63) is 65.5 Å². The summed E-state index contributed by atoms with van der Waals surface area (Å²) < 4.78 is 23.6. The smallest absolute Gasteiger partial charge is 0.128 e. The molecule has 5 heteroatoms. The molecule has 1 aliphatic heterocycles. The fraction of sp³-hybridized carbons (Fsp3) is 0.364.